The molecule has 2 aromatic heterocycles. The molecular weight excluding hydrogens is 352 g/mol. The number of aromatic nitrogens is 3. The number of anilines is 1. The van der Waals surface area contributed by atoms with Crippen LogP contribution in [0.4, 0.5) is 5.82 Å². The molecule has 0 aliphatic heterocycles. The maximum absolute atomic E-state index is 12.3. The van der Waals surface area contributed by atoms with Gasteiger partial charge in [0.25, 0.3) is 5.91 Å². The fourth-order valence-corrected chi connectivity index (χ4v) is 2.58. The summed E-state index contributed by atoms with van der Waals surface area (Å²) in [6, 6.07) is 9.03. The maximum Gasteiger partial charge on any atom is 0.277 e. The van der Waals surface area contributed by atoms with E-state index < -0.39 is 0 Å². The second-order valence-corrected chi connectivity index (χ2v) is 6.44. The van der Waals surface area contributed by atoms with Crippen molar-refractivity contribution in [3.8, 4) is 5.75 Å². The number of halogens is 1. The van der Waals surface area contributed by atoms with Gasteiger partial charge in [-0.2, -0.15) is 5.10 Å². The quantitative estimate of drug-likeness (QED) is 0.732. The summed E-state index contributed by atoms with van der Waals surface area (Å²) in [7, 11) is 0. The predicted molar refractivity (Wildman–Crippen MR) is 101 cm³/mol. The summed E-state index contributed by atoms with van der Waals surface area (Å²) in [6.45, 7) is 5.98. The number of hydrogen-bond acceptors (Lipinski definition) is 4. The molecular formula is C19H19ClN4O2. The van der Waals surface area contributed by atoms with Gasteiger partial charge in [-0.15, -0.1) is 0 Å². The van der Waals surface area contributed by atoms with E-state index in [1.807, 2.05) is 39.0 Å². The van der Waals surface area contributed by atoms with Crippen LogP contribution in [0.3, 0.4) is 0 Å². The Morgan fingerprint density at radius 2 is 1.92 bits per heavy atom. The van der Waals surface area contributed by atoms with E-state index >= 15 is 0 Å². The Bertz CT molecular complexity index is 929. The highest BCUT2D eigenvalue weighted by atomic mass is 35.5. The fraction of sp³-hybridized carbons (Fsp3) is 0.211. The first-order valence-corrected chi connectivity index (χ1v) is 8.47. The highest BCUT2D eigenvalue weighted by Crippen LogP contribution is 2.26. The Labute approximate surface area is 156 Å². The van der Waals surface area contributed by atoms with Crippen molar-refractivity contribution in [2.45, 2.75) is 27.5 Å². The lowest BCUT2D eigenvalue weighted by Crippen LogP contribution is -2.15. The summed E-state index contributed by atoms with van der Waals surface area (Å²) in [6.07, 6.45) is 3.34. The molecule has 0 radical (unpaired) electrons. The van der Waals surface area contributed by atoms with Gasteiger partial charge >= 0.3 is 0 Å². The fourth-order valence-electron chi connectivity index (χ4n) is 2.47. The molecule has 7 heteroatoms. The number of amides is 1. The molecule has 0 unspecified atom stereocenters. The molecule has 0 aliphatic rings. The summed E-state index contributed by atoms with van der Waals surface area (Å²) in [5, 5.41) is 7.69. The van der Waals surface area contributed by atoms with Crippen molar-refractivity contribution in [1.29, 1.82) is 0 Å². The van der Waals surface area contributed by atoms with Crippen molar-refractivity contribution >= 4 is 23.3 Å². The number of pyridine rings is 1. The molecule has 26 heavy (non-hydrogen) atoms. The molecule has 1 amide bonds. The van der Waals surface area contributed by atoms with Crippen LogP contribution in [0, 0.1) is 20.8 Å². The van der Waals surface area contributed by atoms with Crippen LogP contribution < -0.4 is 10.1 Å². The highest BCUT2D eigenvalue weighted by Gasteiger charge is 2.11. The van der Waals surface area contributed by atoms with Gasteiger partial charge in [0, 0.05) is 17.4 Å². The topological polar surface area (TPSA) is 69.0 Å². The van der Waals surface area contributed by atoms with E-state index in [-0.39, 0.29) is 12.6 Å². The normalized spacial score (nSPS) is 10.6. The van der Waals surface area contributed by atoms with Gasteiger partial charge in [0.1, 0.15) is 11.6 Å². The van der Waals surface area contributed by atoms with Crippen molar-refractivity contribution in [3.63, 3.8) is 0 Å². The number of nitrogens with zero attached hydrogens (tertiary/aromatic N) is 3. The number of rotatable bonds is 5. The molecule has 0 bridgehead atoms. The Morgan fingerprint density at radius 1 is 1.19 bits per heavy atom. The van der Waals surface area contributed by atoms with Gasteiger partial charge in [-0.05, 0) is 67.8 Å². The number of carbonyl (C=O) groups is 1. The first-order chi connectivity index (χ1) is 12.4. The number of hydrogen-bond donors (Lipinski definition) is 1. The lowest BCUT2D eigenvalue weighted by atomic mass is 10.1. The average molecular weight is 371 g/mol. The summed E-state index contributed by atoms with van der Waals surface area (Å²) in [5.74, 6) is 0.878. The third-order valence-corrected chi connectivity index (χ3v) is 4.40. The van der Waals surface area contributed by atoms with E-state index in [1.54, 1.807) is 29.2 Å². The SMILES string of the molecule is Cc1ccnc(NC(=O)c2ccn(COc3cc(C)c(Cl)c(C)c3)n2)c1. The standard InChI is InChI=1S/C19H19ClN4O2/c1-12-4-6-21-17(8-12)22-19(25)16-5-7-24(23-16)11-26-15-9-13(2)18(20)14(3)10-15/h4-10H,11H2,1-3H3,(H,21,22,25). The van der Waals surface area contributed by atoms with Crippen LogP contribution in [0.25, 0.3) is 0 Å². The minimum Gasteiger partial charge on any atom is -0.471 e. The molecule has 3 rings (SSSR count). The average Bonchev–Trinajstić information content (AvgIpc) is 3.07. The number of ether oxygens (including phenoxy) is 1. The lowest BCUT2D eigenvalue weighted by molar-refractivity contribution is 0.102. The van der Waals surface area contributed by atoms with Gasteiger partial charge in [0.15, 0.2) is 12.4 Å². The highest BCUT2D eigenvalue weighted by molar-refractivity contribution is 6.32. The van der Waals surface area contributed by atoms with E-state index in [9.17, 15) is 4.79 Å². The molecule has 1 N–H and O–H groups in total. The minimum atomic E-state index is -0.319. The van der Waals surface area contributed by atoms with Gasteiger partial charge in [0.05, 0.1) is 0 Å². The first kappa shape index (κ1) is 17.9. The largest absolute Gasteiger partial charge is 0.471 e. The lowest BCUT2D eigenvalue weighted by Gasteiger charge is -2.10. The summed E-state index contributed by atoms with van der Waals surface area (Å²) in [5.41, 5.74) is 3.21. The molecule has 2 heterocycles. The van der Waals surface area contributed by atoms with Crippen LogP contribution in [0.5, 0.6) is 5.75 Å². The molecule has 1 aromatic carbocycles. The number of carbonyl (C=O) groups excluding carboxylic acids is 1. The van der Waals surface area contributed by atoms with Gasteiger partial charge in [0.2, 0.25) is 0 Å². The molecule has 0 fully saturated rings. The Morgan fingerprint density at radius 3 is 2.62 bits per heavy atom. The third-order valence-electron chi connectivity index (χ3n) is 3.80. The predicted octanol–water partition coefficient (Wildman–Crippen LogP) is 4.15. The summed E-state index contributed by atoms with van der Waals surface area (Å²) in [4.78, 5) is 16.4. The zero-order chi connectivity index (χ0) is 18.7. The van der Waals surface area contributed by atoms with Crippen molar-refractivity contribution < 1.29 is 9.53 Å². The smallest absolute Gasteiger partial charge is 0.277 e. The van der Waals surface area contributed by atoms with Crippen LogP contribution in [-0.4, -0.2) is 20.7 Å². The summed E-state index contributed by atoms with van der Waals surface area (Å²) < 4.78 is 7.29. The number of aryl methyl sites for hydroxylation is 3. The van der Waals surface area contributed by atoms with Gasteiger partial charge in [-0.3, -0.25) is 4.79 Å². The zero-order valence-corrected chi connectivity index (χ0v) is 15.5. The van der Waals surface area contributed by atoms with Crippen molar-refractivity contribution in [2.75, 3.05) is 5.32 Å². The van der Waals surface area contributed by atoms with Crippen molar-refractivity contribution in [3.05, 3.63) is 70.1 Å². The molecule has 0 saturated heterocycles. The van der Waals surface area contributed by atoms with Crippen molar-refractivity contribution in [2.24, 2.45) is 0 Å². The molecule has 0 atom stereocenters. The van der Waals surface area contributed by atoms with E-state index in [0.29, 0.717) is 17.3 Å². The number of nitrogens with one attached hydrogen (secondary N) is 1. The maximum atomic E-state index is 12.3. The molecule has 3 aromatic rings. The van der Waals surface area contributed by atoms with Gasteiger partial charge in [-0.1, -0.05) is 11.6 Å². The van der Waals surface area contributed by atoms with Crippen LogP contribution in [-0.2, 0) is 6.73 Å². The molecule has 134 valence electrons. The Balaban J connectivity index is 1.63. The second kappa shape index (κ2) is 7.58. The van der Waals surface area contributed by atoms with Crippen LogP contribution in [0.2, 0.25) is 5.02 Å². The molecule has 0 aliphatic carbocycles. The number of benzene rings is 1. The van der Waals surface area contributed by atoms with Crippen LogP contribution in [0.1, 0.15) is 27.2 Å². The van der Waals surface area contributed by atoms with E-state index in [0.717, 1.165) is 21.7 Å². The van der Waals surface area contributed by atoms with E-state index in [1.165, 1.54) is 0 Å². The van der Waals surface area contributed by atoms with E-state index in [2.05, 4.69) is 15.4 Å². The minimum absolute atomic E-state index is 0.191. The molecule has 0 saturated carbocycles. The Hall–Kier alpha value is -2.86. The zero-order valence-electron chi connectivity index (χ0n) is 14.8. The molecule has 6 nitrogen and oxygen atoms in total. The van der Waals surface area contributed by atoms with Gasteiger partial charge in [-0.25, -0.2) is 9.67 Å². The third kappa shape index (κ3) is 4.21. The van der Waals surface area contributed by atoms with Crippen LogP contribution in [0.15, 0.2) is 42.7 Å². The van der Waals surface area contributed by atoms with Crippen LogP contribution >= 0.6 is 11.6 Å². The van der Waals surface area contributed by atoms with Crippen molar-refractivity contribution in [1.82, 2.24) is 14.8 Å². The second-order valence-electron chi connectivity index (χ2n) is 6.06. The summed E-state index contributed by atoms with van der Waals surface area (Å²) >= 11 is 6.16. The first-order valence-electron chi connectivity index (χ1n) is 8.09. The molecule has 0 spiro atoms. The Kier molecular flexibility index (Phi) is 5.23. The van der Waals surface area contributed by atoms with Gasteiger partial charge < -0.3 is 10.1 Å². The monoisotopic (exact) mass is 370 g/mol. The van der Waals surface area contributed by atoms with E-state index in [4.69, 9.17) is 16.3 Å².